The molecule has 0 heterocycles. The molecule has 2 rings (SSSR count). The molecule has 0 fully saturated rings. The van der Waals surface area contributed by atoms with E-state index in [0.29, 0.717) is 0 Å². The quantitative estimate of drug-likeness (QED) is 0.735. The first-order valence-electron chi connectivity index (χ1n) is 6.41. The van der Waals surface area contributed by atoms with Gasteiger partial charge in [0, 0.05) is 5.30 Å². The Morgan fingerprint density at radius 1 is 1.00 bits per heavy atom. The summed E-state index contributed by atoms with van der Waals surface area (Å²) in [5, 5.41) is 1.08. The number of benzene rings is 2. The maximum atomic E-state index is 5.83. The van der Waals surface area contributed by atoms with Gasteiger partial charge in [-0.3, -0.25) is 0 Å². The average Bonchev–Trinajstić information content (AvgIpc) is 2.45. The van der Waals surface area contributed by atoms with Gasteiger partial charge in [-0.25, -0.2) is 0 Å². The fourth-order valence-electron chi connectivity index (χ4n) is 1.50. The molecule has 2 aromatic carbocycles. The van der Waals surface area contributed by atoms with Crippen molar-refractivity contribution in [2.24, 2.45) is 0 Å². The lowest BCUT2D eigenvalue weighted by atomic mass is 10.1. The predicted octanol–water partition coefficient (Wildman–Crippen LogP) is 4.57. The molecule has 96 valence electrons. The SMILES string of the molecule is CC.CCc1ccc(P)c(Oc2ccccc2)c1. The fraction of sp³-hybridized carbons (Fsp3) is 0.250. The van der Waals surface area contributed by atoms with Crippen LogP contribution in [0.5, 0.6) is 11.5 Å². The van der Waals surface area contributed by atoms with Gasteiger partial charge in [0.25, 0.3) is 0 Å². The summed E-state index contributed by atoms with van der Waals surface area (Å²) in [6, 6.07) is 16.1. The van der Waals surface area contributed by atoms with Crippen LogP contribution in [0.2, 0.25) is 0 Å². The molecule has 0 aliphatic carbocycles. The van der Waals surface area contributed by atoms with E-state index in [1.54, 1.807) is 0 Å². The van der Waals surface area contributed by atoms with E-state index in [2.05, 4.69) is 34.4 Å². The molecule has 0 saturated carbocycles. The topological polar surface area (TPSA) is 9.23 Å². The van der Waals surface area contributed by atoms with Crippen LogP contribution in [0.1, 0.15) is 26.3 Å². The standard InChI is InChI=1S/C14H15OP.C2H6/c1-2-11-8-9-14(16)13(10-11)15-12-6-4-3-5-7-12;1-2/h3-10H,2,16H2,1H3;1-2H3. The molecule has 2 aromatic rings. The summed E-state index contributed by atoms with van der Waals surface area (Å²) in [7, 11) is 2.70. The van der Waals surface area contributed by atoms with Crippen LogP contribution in [0.4, 0.5) is 0 Å². The molecule has 18 heavy (non-hydrogen) atoms. The normalized spacial score (nSPS) is 9.33. The molecule has 0 amide bonds. The summed E-state index contributed by atoms with van der Waals surface area (Å²) in [5.41, 5.74) is 1.29. The third-order valence-corrected chi connectivity index (χ3v) is 2.93. The first-order chi connectivity index (χ1) is 8.79. The van der Waals surface area contributed by atoms with Gasteiger partial charge < -0.3 is 4.74 Å². The van der Waals surface area contributed by atoms with Crippen LogP contribution in [0.3, 0.4) is 0 Å². The summed E-state index contributed by atoms with van der Waals surface area (Å²) in [5.74, 6) is 1.79. The van der Waals surface area contributed by atoms with E-state index in [1.807, 2.05) is 44.2 Å². The Morgan fingerprint density at radius 2 is 1.67 bits per heavy atom. The van der Waals surface area contributed by atoms with Crippen molar-refractivity contribution in [1.29, 1.82) is 0 Å². The minimum Gasteiger partial charge on any atom is -0.457 e. The van der Waals surface area contributed by atoms with E-state index < -0.39 is 0 Å². The number of aryl methyl sites for hydroxylation is 1. The van der Waals surface area contributed by atoms with Crippen molar-refractivity contribution >= 4 is 14.5 Å². The third kappa shape index (κ3) is 4.16. The molecule has 2 heteroatoms. The lowest BCUT2D eigenvalue weighted by Crippen LogP contribution is -1.98. The summed E-state index contributed by atoms with van der Waals surface area (Å²) >= 11 is 0. The van der Waals surface area contributed by atoms with E-state index in [1.165, 1.54) is 5.56 Å². The Morgan fingerprint density at radius 3 is 2.28 bits per heavy atom. The molecule has 0 radical (unpaired) electrons. The van der Waals surface area contributed by atoms with Gasteiger partial charge in [-0.1, -0.05) is 51.1 Å². The van der Waals surface area contributed by atoms with Crippen molar-refractivity contribution in [2.45, 2.75) is 27.2 Å². The monoisotopic (exact) mass is 260 g/mol. The Labute approximate surface area is 112 Å². The molecule has 0 aromatic heterocycles. The molecular weight excluding hydrogens is 239 g/mol. The van der Waals surface area contributed by atoms with Crippen LogP contribution >= 0.6 is 9.24 Å². The van der Waals surface area contributed by atoms with Crippen LogP contribution in [-0.4, -0.2) is 0 Å². The second-order valence-electron chi connectivity index (χ2n) is 3.64. The Balaban J connectivity index is 0.000000771. The summed E-state index contributed by atoms with van der Waals surface area (Å²) in [6.07, 6.45) is 1.02. The van der Waals surface area contributed by atoms with Gasteiger partial charge in [0.05, 0.1) is 0 Å². The van der Waals surface area contributed by atoms with Gasteiger partial charge in [0.15, 0.2) is 0 Å². The number of rotatable bonds is 3. The van der Waals surface area contributed by atoms with E-state index in [9.17, 15) is 0 Å². The van der Waals surface area contributed by atoms with Crippen molar-refractivity contribution in [3.63, 3.8) is 0 Å². The lowest BCUT2D eigenvalue weighted by Gasteiger charge is -2.09. The number of para-hydroxylation sites is 1. The second kappa shape index (κ2) is 7.89. The van der Waals surface area contributed by atoms with E-state index in [4.69, 9.17) is 4.74 Å². The molecule has 1 atom stereocenters. The number of hydrogen-bond acceptors (Lipinski definition) is 1. The lowest BCUT2D eigenvalue weighted by molar-refractivity contribution is 0.486. The van der Waals surface area contributed by atoms with Gasteiger partial charge in [-0.15, -0.1) is 9.24 Å². The molecule has 0 spiro atoms. The van der Waals surface area contributed by atoms with E-state index in [0.717, 1.165) is 23.2 Å². The zero-order valence-corrected chi connectivity index (χ0v) is 12.5. The smallest absolute Gasteiger partial charge is 0.134 e. The van der Waals surface area contributed by atoms with Gasteiger partial charge >= 0.3 is 0 Å². The molecule has 1 nitrogen and oxygen atoms in total. The maximum absolute atomic E-state index is 5.83. The van der Waals surface area contributed by atoms with Crippen molar-refractivity contribution in [2.75, 3.05) is 0 Å². The molecule has 0 aliphatic rings. The van der Waals surface area contributed by atoms with Crippen molar-refractivity contribution in [3.8, 4) is 11.5 Å². The van der Waals surface area contributed by atoms with Crippen LogP contribution in [-0.2, 0) is 6.42 Å². The Hall–Kier alpha value is -1.33. The van der Waals surface area contributed by atoms with Gasteiger partial charge in [0.1, 0.15) is 11.5 Å². The van der Waals surface area contributed by atoms with Crippen LogP contribution in [0.25, 0.3) is 0 Å². The summed E-state index contributed by atoms with van der Waals surface area (Å²) in [6.45, 7) is 6.14. The maximum Gasteiger partial charge on any atom is 0.134 e. The molecule has 0 saturated heterocycles. The highest BCUT2D eigenvalue weighted by atomic mass is 31.0. The van der Waals surface area contributed by atoms with Gasteiger partial charge in [0.2, 0.25) is 0 Å². The first-order valence-corrected chi connectivity index (χ1v) is 6.98. The van der Waals surface area contributed by atoms with Crippen LogP contribution in [0, 0.1) is 0 Å². The molecule has 0 N–H and O–H groups in total. The molecular formula is C16H21OP. The Kier molecular flexibility index (Phi) is 6.46. The highest BCUT2D eigenvalue weighted by molar-refractivity contribution is 7.27. The van der Waals surface area contributed by atoms with Crippen LogP contribution < -0.4 is 10.0 Å². The van der Waals surface area contributed by atoms with E-state index in [-0.39, 0.29) is 0 Å². The third-order valence-electron chi connectivity index (χ3n) is 2.46. The zero-order valence-electron chi connectivity index (χ0n) is 11.3. The van der Waals surface area contributed by atoms with Crippen molar-refractivity contribution in [3.05, 3.63) is 54.1 Å². The minimum atomic E-state index is 0.874. The van der Waals surface area contributed by atoms with Gasteiger partial charge in [-0.05, 0) is 30.2 Å². The fourth-order valence-corrected chi connectivity index (χ4v) is 1.74. The summed E-state index contributed by atoms with van der Waals surface area (Å²) in [4.78, 5) is 0. The first kappa shape index (κ1) is 14.7. The van der Waals surface area contributed by atoms with Crippen molar-refractivity contribution in [1.82, 2.24) is 0 Å². The molecule has 1 unspecified atom stereocenters. The summed E-state index contributed by atoms with van der Waals surface area (Å²) < 4.78 is 5.83. The largest absolute Gasteiger partial charge is 0.457 e. The highest BCUT2D eigenvalue weighted by Crippen LogP contribution is 2.22. The minimum absolute atomic E-state index is 0.874. The highest BCUT2D eigenvalue weighted by Gasteiger charge is 2.02. The van der Waals surface area contributed by atoms with Crippen LogP contribution in [0.15, 0.2) is 48.5 Å². The predicted molar refractivity (Wildman–Crippen MR) is 83.0 cm³/mol. The Bertz CT molecular complexity index is 466. The average molecular weight is 260 g/mol. The molecule has 0 bridgehead atoms. The van der Waals surface area contributed by atoms with Crippen molar-refractivity contribution < 1.29 is 4.74 Å². The second-order valence-corrected chi connectivity index (χ2v) is 4.26. The number of ether oxygens (including phenoxy) is 1. The van der Waals surface area contributed by atoms with Gasteiger partial charge in [-0.2, -0.15) is 0 Å². The molecule has 0 aliphatic heterocycles. The zero-order chi connectivity index (χ0) is 13.4. The van der Waals surface area contributed by atoms with E-state index >= 15 is 0 Å². The number of hydrogen-bond donors (Lipinski definition) is 0.